The Morgan fingerprint density at radius 1 is 1.12 bits per heavy atom. The molecule has 0 amide bonds. The highest BCUT2D eigenvalue weighted by Gasteiger charge is 2.08. The average Bonchev–Trinajstić information content (AvgIpc) is 2.30. The van der Waals surface area contributed by atoms with Crippen molar-refractivity contribution in [1.29, 1.82) is 0 Å². The summed E-state index contributed by atoms with van der Waals surface area (Å²) < 4.78 is 0. The van der Waals surface area contributed by atoms with E-state index in [1.54, 1.807) is 0 Å². The van der Waals surface area contributed by atoms with Crippen LogP contribution < -0.4 is 4.90 Å². The third-order valence-electron chi connectivity index (χ3n) is 2.91. The number of benzene rings is 1. The lowest BCUT2D eigenvalue weighted by Crippen LogP contribution is -2.21. The van der Waals surface area contributed by atoms with E-state index < -0.39 is 0 Å². The van der Waals surface area contributed by atoms with Crippen molar-refractivity contribution < 1.29 is 4.79 Å². The molecule has 1 aromatic rings. The van der Waals surface area contributed by atoms with E-state index in [2.05, 4.69) is 32.6 Å². The Balaban J connectivity index is 2.77. The van der Waals surface area contributed by atoms with Gasteiger partial charge in [0, 0.05) is 30.8 Å². The van der Waals surface area contributed by atoms with Gasteiger partial charge in [-0.15, -0.1) is 0 Å². The molecule has 0 N–H and O–H groups in total. The fourth-order valence-corrected chi connectivity index (χ4v) is 1.94. The van der Waals surface area contributed by atoms with Gasteiger partial charge in [-0.05, 0) is 44.0 Å². The average molecular weight is 233 g/mol. The van der Waals surface area contributed by atoms with E-state index >= 15 is 0 Å². The summed E-state index contributed by atoms with van der Waals surface area (Å²) in [5.41, 5.74) is 2.02. The van der Waals surface area contributed by atoms with E-state index in [0.717, 1.165) is 18.7 Å². The molecule has 0 radical (unpaired) electrons. The highest BCUT2D eigenvalue weighted by molar-refractivity contribution is 5.96. The second-order valence-electron chi connectivity index (χ2n) is 4.74. The van der Waals surface area contributed by atoms with Crippen LogP contribution in [0.2, 0.25) is 0 Å². The van der Waals surface area contributed by atoms with E-state index in [1.165, 1.54) is 5.69 Å². The van der Waals surface area contributed by atoms with Crippen LogP contribution in [0, 0.1) is 5.92 Å². The van der Waals surface area contributed by atoms with Gasteiger partial charge < -0.3 is 4.90 Å². The molecule has 2 nitrogen and oxygen atoms in total. The summed E-state index contributed by atoms with van der Waals surface area (Å²) in [6.45, 7) is 10.4. The number of hydrogen-bond donors (Lipinski definition) is 0. The zero-order valence-corrected chi connectivity index (χ0v) is 11.4. The molecule has 0 aromatic heterocycles. The zero-order valence-electron chi connectivity index (χ0n) is 11.4. The number of hydrogen-bond acceptors (Lipinski definition) is 2. The van der Waals surface area contributed by atoms with Crippen LogP contribution in [0.5, 0.6) is 0 Å². The molecule has 0 aliphatic carbocycles. The van der Waals surface area contributed by atoms with Gasteiger partial charge in [-0.1, -0.05) is 13.8 Å². The lowest BCUT2D eigenvalue weighted by atomic mass is 10.0. The molecule has 0 fully saturated rings. The Labute approximate surface area is 105 Å². The van der Waals surface area contributed by atoms with E-state index in [1.807, 2.05) is 24.3 Å². The van der Waals surface area contributed by atoms with Gasteiger partial charge in [0.1, 0.15) is 0 Å². The molecule has 0 unspecified atom stereocenters. The third-order valence-corrected chi connectivity index (χ3v) is 2.91. The maximum absolute atomic E-state index is 11.9. The Morgan fingerprint density at radius 2 is 1.65 bits per heavy atom. The van der Waals surface area contributed by atoms with Crippen molar-refractivity contribution in [2.24, 2.45) is 5.92 Å². The Bertz CT molecular complexity index is 350. The summed E-state index contributed by atoms with van der Waals surface area (Å²) in [7, 11) is 0. The minimum atomic E-state index is 0.242. The van der Waals surface area contributed by atoms with E-state index in [9.17, 15) is 4.79 Å². The molecule has 0 aliphatic rings. The Kier molecular flexibility index (Phi) is 5.20. The molecule has 17 heavy (non-hydrogen) atoms. The van der Waals surface area contributed by atoms with Crippen molar-refractivity contribution in [2.45, 2.75) is 34.1 Å². The molecule has 0 saturated heterocycles. The highest BCUT2D eigenvalue weighted by atomic mass is 16.1. The fourth-order valence-electron chi connectivity index (χ4n) is 1.94. The molecule has 0 heterocycles. The molecule has 0 bridgehead atoms. The van der Waals surface area contributed by atoms with Crippen LogP contribution in [0.15, 0.2) is 24.3 Å². The van der Waals surface area contributed by atoms with Gasteiger partial charge in [-0.2, -0.15) is 0 Å². The van der Waals surface area contributed by atoms with Crippen LogP contribution in [0.1, 0.15) is 44.5 Å². The van der Waals surface area contributed by atoms with Gasteiger partial charge in [0.15, 0.2) is 5.78 Å². The summed E-state index contributed by atoms with van der Waals surface area (Å²) in [4.78, 5) is 14.1. The minimum absolute atomic E-state index is 0.242. The van der Waals surface area contributed by atoms with Crippen molar-refractivity contribution in [3.8, 4) is 0 Å². The minimum Gasteiger partial charge on any atom is -0.372 e. The van der Waals surface area contributed by atoms with Crippen molar-refractivity contribution in [1.82, 2.24) is 0 Å². The molecule has 2 heteroatoms. The van der Waals surface area contributed by atoms with Crippen LogP contribution in [0.4, 0.5) is 5.69 Å². The van der Waals surface area contributed by atoms with Gasteiger partial charge >= 0.3 is 0 Å². The predicted octanol–water partition coefficient (Wildman–Crippen LogP) is 3.76. The monoisotopic (exact) mass is 233 g/mol. The second kappa shape index (κ2) is 6.43. The van der Waals surface area contributed by atoms with Crippen molar-refractivity contribution in [3.05, 3.63) is 29.8 Å². The molecule has 0 atom stereocenters. The topological polar surface area (TPSA) is 20.3 Å². The quantitative estimate of drug-likeness (QED) is 0.697. The van der Waals surface area contributed by atoms with Crippen molar-refractivity contribution in [3.63, 3.8) is 0 Å². The van der Waals surface area contributed by atoms with Crippen LogP contribution >= 0.6 is 0 Å². The lowest BCUT2D eigenvalue weighted by molar-refractivity contribution is 0.0968. The lowest BCUT2D eigenvalue weighted by Gasteiger charge is -2.21. The third kappa shape index (κ3) is 3.88. The van der Waals surface area contributed by atoms with E-state index in [0.29, 0.717) is 12.3 Å². The SMILES string of the molecule is CCN(CC)c1ccc(C(=O)CC(C)C)cc1. The summed E-state index contributed by atoms with van der Waals surface area (Å²) in [5.74, 6) is 0.663. The zero-order chi connectivity index (χ0) is 12.8. The number of anilines is 1. The first-order chi connectivity index (χ1) is 8.08. The molecular formula is C15H23NO. The summed E-state index contributed by atoms with van der Waals surface area (Å²) in [6.07, 6.45) is 0.630. The van der Waals surface area contributed by atoms with Crippen molar-refractivity contribution >= 4 is 11.5 Å². The summed E-state index contributed by atoms with van der Waals surface area (Å²) in [5, 5.41) is 0. The number of ketones is 1. The maximum Gasteiger partial charge on any atom is 0.163 e. The normalized spacial score (nSPS) is 10.6. The largest absolute Gasteiger partial charge is 0.372 e. The fraction of sp³-hybridized carbons (Fsp3) is 0.533. The van der Waals surface area contributed by atoms with Gasteiger partial charge in [-0.3, -0.25) is 4.79 Å². The number of carbonyl (C=O) groups is 1. The smallest absolute Gasteiger partial charge is 0.163 e. The Morgan fingerprint density at radius 3 is 2.06 bits per heavy atom. The first-order valence-corrected chi connectivity index (χ1v) is 6.46. The summed E-state index contributed by atoms with van der Waals surface area (Å²) in [6, 6.07) is 7.97. The van der Waals surface area contributed by atoms with Crippen LogP contribution in [-0.4, -0.2) is 18.9 Å². The maximum atomic E-state index is 11.9. The molecular weight excluding hydrogens is 210 g/mol. The molecule has 94 valence electrons. The first kappa shape index (κ1) is 13.8. The first-order valence-electron chi connectivity index (χ1n) is 6.46. The second-order valence-corrected chi connectivity index (χ2v) is 4.74. The van der Waals surface area contributed by atoms with Crippen LogP contribution in [0.3, 0.4) is 0 Å². The van der Waals surface area contributed by atoms with E-state index in [4.69, 9.17) is 0 Å². The van der Waals surface area contributed by atoms with Crippen molar-refractivity contribution in [2.75, 3.05) is 18.0 Å². The molecule has 0 saturated carbocycles. The van der Waals surface area contributed by atoms with Gasteiger partial charge in [0.25, 0.3) is 0 Å². The molecule has 1 aromatic carbocycles. The number of rotatable bonds is 6. The Hall–Kier alpha value is -1.31. The van der Waals surface area contributed by atoms with Crippen LogP contribution in [0.25, 0.3) is 0 Å². The number of Topliss-reactive ketones (excluding diaryl/α,β-unsaturated/α-hetero) is 1. The standard InChI is InChI=1S/C15H23NO/c1-5-16(6-2)14-9-7-13(8-10-14)15(17)11-12(3)4/h7-10,12H,5-6,11H2,1-4H3. The van der Waals surface area contributed by atoms with E-state index in [-0.39, 0.29) is 5.78 Å². The highest BCUT2D eigenvalue weighted by Crippen LogP contribution is 2.17. The van der Waals surface area contributed by atoms with Crippen LogP contribution in [-0.2, 0) is 0 Å². The molecule has 0 aliphatic heterocycles. The molecule has 0 spiro atoms. The number of nitrogens with zero attached hydrogens (tertiary/aromatic N) is 1. The predicted molar refractivity (Wildman–Crippen MR) is 73.8 cm³/mol. The molecule has 1 rings (SSSR count). The van der Waals surface area contributed by atoms with Gasteiger partial charge in [0.05, 0.1) is 0 Å². The van der Waals surface area contributed by atoms with Gasteiger partial charge in [0.2, 0.25) is 0 Å². The van der Waals surface area contributed by atoms with Gasteiger partial charge in [-0.25, -0.2) is 0 Å². The number of carbonyl (C=O) groups excluding carboxylic acids is 1. The summed E-state index contributed by atoms with van der Waals surface area (Å²) >= 11 is 0.